The highest BCUT2D eigenvalue weighted by molar-refractivity contribution is 5.87. The Balaban J connectivity index is 2.29. The molecule has 1 aliphatic heterocycles. The number of rotatable bonds is 3. The summed E-state index contributed by atoms with van der Waals surface area (Å²) in [5.41, 5.74) is 1.17. The molecule has 1 saturated heterocycles. The van der Waals surface area contributed by atoms with Gasteiger partial charge >= 0.3 is 5.97 Å². The van der Waals surface area contributed by atoms with Crippen molar-refractivity contribution >= 4 is 17.7 Å². The Morgan fingerprint density at radius 2 is 1.80 bits per heavy atom. The normalized spacial score (nSPS) is 16.9. The third-order valence-corrected chi connectivity index (χ3v) is 3.60. The molecule has 0 atom stereocenters. The standard InChI is InChI=1S/C16H20FNO2/c17-14-8-6-7-13(9-10-15(19)20)16(14)18-11-4-2-1-3-5-12-18/h6-10H,1-5,11-12H2,(H,19,20)/b10-9+. The van der Waals surface area contributed by atoms with Crippen molar-refractivity contribution in [1.29, 1.82) is 0 Å². The van der Waals surface area contributed by atoms with Gasteiger partial charge in [-0.15, -0.1) is 0 Å². The van der Waals surface area contributed by atoms with Crippen molar-refractivity contribution in [3.05, 3.63) is 35.7 Å². The number of nitrogens with zero attached hydrogens (tertiary/aromatic N) is 1. The van der Waals surface area contributed by atoms with Gasteiger partial charge in [0.2, 0.25) is 0 Å². The third kappa shape index (κ3) is 3.83. The zero-order chi connectivity index (χ0) is 14.4. The summed E-state index contributed by atoms with van der Waals surface area (Å²) >= 11 is 0. The summed E-state index contributed by atoms with van der Waals surface area (Å²) < 4.78 is 14.2. The van der Waals surface area contributed by atoms with Crippen LogP contribution in [0.25, 0.3) is 6.08 Å². The number of carbonyl (C=O) groups is 1. The lowest BCUT2D eigenvalue weighted by Gasteiger charge is -2.28. The maximum absolute atomic E-state index is 14.2. The molecule has 20 heavy (non-hydrogen) atoms. The van der Waals surface area contributed by atoms with E-state index in [9.17, 15) is 9.18 Å². The van der Waals surface area contributed by atoms with Crippen molar-refractivity contribution in [3.8, 4) is 0 Å². The van der Waals surface area contributed by atoms with Crippen LogP contribution in [0.15, 0.2) is 24.3 Å². The number of benzene rings is 1. The van der Waals surface area contributed by atoms with Gasteiger partial charge in [-0.1, -0.05) is 31.4 Å². The van der Waals surface area contributed by atoms with Crippen LogP contribution in [0.1, 0.15) is 37.7 Å². The van der Waals surface area contributed by atoms with Crippen LogP contribution in [-0.4, -0.2) is 24.2 Å². The quantitative estimate of drug-likeness (QED) is 0.856. The van der Waals surface area contributed by atoms with E-state index in [0.717, 1.165) is 32.0 Å². The second-order valence-electron chi connectivity index (χ2n) is 5.10. The summed E-state index contributed by atoms with van der Waals surface area (Å²) in [6.45, 7) is 1.66. The first-order valence-electron chi connectivity index (χ1n) is 7.13. The average Bonchev–Trinajstić information content (AvgIpc) is 2.37. The summed E-state index contributed by atoms with van der Waals surface area (Å²) in [4.78, 5) is 12.7. The van der Waals surface area contributed by atoms with E-state index in [-0.39, 0.29) is 5.82 Å². The molecule has 1 aromatic carbocycles. The zero-order valence-corrected chi connectivity index (χ0v) is 11.5. The molecule has 3 nitrogen and oxygen atoms in total. The highest BCUT2D eigenvalue weighted by Gasteiger charge is 2.16. The Bertz CT molecular complexity index is 491. The Labute approximate surface area is 118 Å². The van der Waals surface area contributed by atoms with E-state index in [1.54, 1.807) is 12.1 Å². The fraction of sp³-hybridized carbons (Fsp3) is 0.438. The summed E-state index contributed by atoms with van der Waals surface area (Å²) in [5.74, 6) is -1.30. The van der Waals surface area contributed by atoms with Crippen LogP contribution in [-0.2, 0) is 4.79 Å². The first kappa shape index (κ1) is 14.6. The van der Waals surface area contributed by atoms with Crippen LogP contribution < -0.4 is 4.90 Å². The first-order valence-corrected chi connectivity index (χ1v) is 7.13. The molecule has 0 radical (unpaired) electrons. The molecule has 0 unspecified atom stereocenters. The monoisotopic (exact) mass is 277 g/mol. The molecule has 0 bridgehead atoms. The second kappa shape index (κ2) is 7.08. The van der Waals surface area contributed by atoms with Crippen molar-refractivity contribution in [3.63, 3.8) is 0 Å². The molecule has 0 saturated carbocycles. The predicted octanol–water partition coefficient (Wildman–Crippen LogP) is 3.69. The molecule has 2 rings (SSSR count). The number of aliphatic carboxylic acids is 1. The van der Waals surface area contributed by atoms with Crippen molar-refractivity contribution < 1.29 is 14.3 Å². The summed E-state index contributed by atoms with van der Waals surface area (Å²) in [6, 6.07) is 4.81. The molecule has 0 amide bonds. The summed E-state index contributed by atoms with van der Waals surface area (Å²) in [6.07, 6.45) is 8.22. The molecule has 0 aromatic heterocycles. The van der Waals surface area contributed by atoms with Gasteiger partial charge in [-0.2, -0.15) is 0 Å². The van der Waals surface area contributed by atoms with Crippen LogP contribution >= 0.6 is 0 Å². The molecule has 108 valence electrons. The van der Waals surface area contributed by atoms with Crippen LogP contribution in [0.3, 0.4) is 0 Å². The molecule has 1 aromatic rings. The van der Waals surface area contributed by atoms with E-state index in [1.165, 1.54) is 31.4 Å². The topological polar surface area (TPSA) is 40.5 Å². The van der Waals surface area contributed by atoms with Gasteiger partial charge in [0, 0.05) is 24.7 Å². The number of hydrogen-bond acceptors (Lipinski definition) is 2. The number of hydrogen-bond donors (Lipinski definition) is 1. The SMILES string of the molecule is O=C(O)/C=C/c1cccc(F)c1N1CCCCCCC1. The van der Waals surface area contributed by atoms with Crippen molar-refractivity contribution in [1.82, 2.24) is 0 Å². The first-order chi connectivity index (χ1) is 9.68. The van der Waals surface area contributed by atoms with Gasteiger partial charge in [-0.3, -0.25) is 0 Å². The largest absolute Gasteiger partial charge is 0.478 e. The lowest BCUT2D eigenvalue weighted by atomic mass is 10.1. The maximum atomic E-state index is 14.2. The maximum Gasteiger partial charge on any atom is 0.328 e. The van der Waals surface area contributed by atoms with Gasteiger partial charge in [-0.05, 0) is 25.0 Å². The Kier molecular flexibility index (Phi) is 5.16. The zero-order valence-electron chi connectivity index (χ0n) is 11.5. The molecule has 1 fully saturated rings. The molecule has 1 N–H and O–H groups in total. The molecular formula is C16H20FNO2. The lowest BCUT2D eigenvalue weighted by Crippen LogP contribution is -2.28. The predicted molar refractivity (Wildman–Crippen MR) is 78.4 cm³/mol. The smallest absolute Gasteiger partial charge is 0.328 e. The molecule has 1 heterocycles. The fourth-order valence-electron chi connectivity index (χ4n) is 2.63. The Hall–Kier alpha value is -1.84. The van der Waals surface area contributed by atoms with Crippen molar-refractivity contribution in [2.45, 2.75) is 32.1 Å². The second-order valence-corrected chi connectivity index (χ2v) is 5.10. The lowest BCUT2D eigenvalue weighted by molar-refractivity contribution is -0.131. The van der Waals surface area contributed by atoms with Gasteiger partial charge in [0.1, 0.15) is 5.82 Å². The third-order valence-electron chi connectivity index (χ3n) is 3.60. The molecular weight excluding hydrogens is 257 g/mol. The number of halogens is 1. The molecule has 0 spiro atoms. The van der Waals surface area contributed by atoms with Gasteiger partial charge in [0.05, 0.1) is 5.69 Å². The average molecular weight is 277 g/mol. The Morgan fingerprint density at radius 1 is 1.15 bits per heavy atom. The minimum atomic E-state index is -1.02. The summed E-state index contributed by atoms with van der Waals surface area (Å²) in [5, 5.41) is 8.73. The number of carboxylic acids is 1. The fourth-order valence-corrected chi connectivity index (χ4v) is 2.63. The van der Waals surface area contributed by atoms with E-state index < -0.39 is 5.97 Å². The minimum absolute atomic E-state index is 0.280. The van der Waals surface area contributed by atoms with Crippen LogP contribution in [0.5, 0.6) is 0 Å². The van der Waals surface area contributed by atoms with Crippen LogP contribution in [0.2, 0.25) is 0 Å². The van der Waals surface area contributed by atoms with Crippen molar-refractivity contribution in [2.75, 3.05) is 18.0 Å². The minimum Gasteiger partial charge on any atom is -0.478 e. The van der Waals surface area contributed by atoms with Gasteiger partial charge in [0.25, 0.3) is 0 Å². The van der Waals surface area contributed by atoms with Gasteiger partial charge in [0.15, 0.2) is 0 Å². The van der Waals surface area contributed by atoms with E-state index in [1.807, 2.05) is 0 Å². The van der Waals surface area contributed by atoms with Gasteiger partial charge < -0.3 is 10.0 Å². The summed E-state index contributed by atoms with van der Waals surface area (Å²) in [7, 11) is 0. The van der Waals surface area contributed by atoms with E-state index in [0.29, 0.717) is 11.3 Å². The molecule has 0 aliphatic carbocycles. The van der Waals surface area contributed by atoms with E-state index >= 15 is 0 Å². The van der Waals surface area contributed by atoms with Gasteiger partial charge in [-0.25, -0.2) is 9.18 Å². The van der Waals surface area contributed by atoms with Crippen LogP contribution in [0, 0.1) is 5.82 Å². The number of para-hydroxylation sites is 1. The highest BCUT2D eigenvalue weighted by Crippen LogP contribution is 2.27. The van der Waals surface area contributed by atoms with E-state index in [2.05, 4.69) is 4.90 Å². The van der Waals surface area contributed by atoms with Crippen molar-refractivity contribution in [2.24, 2.45) is 0 Å². The number of carboxylic acid groups (broad SMARTS) is 1. The van der Waals surface area contributed by atoms with E-state index in [4.69, 9.17) is 5.11 Å². The molecule has 1 aliphatic rings. The number of anilines is 1. The Morgan fingerprint density at radius 3 is 2.45 bits per heavy atom. The molecule has 4 heteroatoms. The van der Waals surface area contributed by atoms with Crippen LogP contribution in [0.4, 0.5) is 10.1 Å². The highest BCUT2D eigenvalue weighted by atomic mass is 19.1.